The molecule has 0 aromatic heterocycles. The van der Waals surface area contributed by atoms with Crippen molar-refractivity contribution in [2.75, 3.05) is 0 Å². The molecule has 0 heterocycles. The van der Waals surface area contributed by atoms with Gasteiger partial charge in [0.05, 0.1) is 8.07 Å². The number of hydrogen-bond donors (Lipinski definition) is 0. The summed E-state index contributed by atoms with van der Waals surface area (Å²) in [6.07, 6.45) is 3.37. The molecule has 1 aliphatic carbocycles. The first-order valence-corrected chi connectivity index (χ1v) is 18.5. The largest absolute Gasteiger partial charge is 1.00 e. The van der Waals surface area contributed by atoms with E-state index in [1.165, 1.54) is 12.0 Å². The van der Waals surface area contributed by atoms with Gasteiger partial charge < -0.3 is 21.4 Å². The Kier molecular flexibility index (Phi) is 10.4. The summed E-state index contributed by atoms with van der Waals surface area (Å²) in [5.74, 6) is 3.61. The molecular weight excluding hydrogens is 450 g/mol. The number of rotatable bonds is 3. The number of hydrogen-bond acceptors (Lipinski definition) is 1. The molecular formula is C17H33BrOSi3Zn-. The van der Waals surface area contributed by atoms with E-state index in [2.05, 4.69) is 76.1 Å². The van der Waals surface area contributed by atoms with Crippen LogP contribution in [0.25, 0.3) is 0 Å². The van der Waals surface area contributed by atoms with E-state index in [4.69, 9.17) is 4.43 Å². The molecule has 0 amide bonds. The predicted molar refractivity (Wildman–Crippen MR) is 102 cm³/mol. The normalized spacial score (nSPS) is 23.6. The molecule has 0 aliphatic heterocycles. The van der Waals surface area contributed by atoms with Crippen LogP contribution in [0.5, 0.6) is 0 Å². The maximum Gasteiger partial charge on any atom is 0.186 e. The van der Waals surface area contributed by atoms with E-state index in [0.29, 0.717) is 0 Å². The summed E-state index contributed by atoms with van der Waals surface area (Å²) in [6.45, 7) is 20.8. The van der Waals surface area contributed by atoms with E-state index in [-0.39, 0.29) is 42.1 Å². The van der Waals surface area contributed by atoms with Crippen LogP contribution in [0.2, 0.25) is 58.9 Å². The fraction of sp³-hybridized carbons (Fsp3) is 0.765. The summed E-state index contributed by atoms with van der Waals surface area (Å²) in [7, 11) is -4.40. The van der Waals surface area contributed by atoms with Gasteiger partial charge in [0.1, 0.15) is 13.7 Å². The first-order valence-electron chi connectivity index (χ1n) is 8.12. The van der Waals surface area contributed by atoms with E-state index in [1.54, 1.807) is 0 Å². The van der Waals surface area contributed by atoms with Crippen molar-refractivity contribution in [3.8, 4) is 11.5 Å². The zero-order valence-corrected chi connectivity index (χ0v) is 24.2. The maximum atomic E-state index is 6.65. The number of halogens is 1. The molecule has 129 valence electrons. The van der Waals surface area contributed by atoms with Crippen LogP contribution in [-0.2, 0) is 23.9 Å². The van der Waals surface area contributed by atoms with Crippen molar-refractivity contribution >= 4 is 24.5 Å². The van der Waals surface area contributed by atoms with Gasteiger partial charge in [0, 0.05) is 19.5 Å². The van der Waals surface area contributed by atoms with Gasteiger partial charge in [-0.05, 0) is 44.5 Å². The van der Waals surface area contributed by atoms with Gasteiger partial charge in [-0.15, -0.1) is 5.54 Å². The zero-order valence-electron chi connectivity index (χ0n) is 16.6. The average Bonchev–Trinajstić information content (AvgIpc) is 2.53. The zero-order chi connectivity index (χ0) is 16.5. The SMILES string of the molecule is C[Si](C)(C)[C]=C1CCC[C@@]1(C#C[Si](C)(C)C)O[Si](C)(C)C.[Br-].[Zn]. The molecule has 0 saturated heterocycles. The van der Waals surface area contributed by atoms with Crippen molar-refractivity contribution in [3.05, 3.63) is 11.3 Å². The van der Waals surface area contributed by atoms with Crippen molar-refractivity contribution in [1.82, 2.24) is 0 Å². The van der Waals surface area contributed by atoms with Crippen molar-refractivity contribution in [3.63, 3.8) is 0 Å². The monoisotopic (exact) mass is 480 g/mol. The molecule has 6 heteroatoms. The third kappa shape index (κ3) is 9.92. The van der Waals surface area contributed by atoms with E-state index in [9.17, 15) is 0 Å². The summed E-state index contributed by atoms with van der Waals surface area (Å²) in [4.78, 5) is 0. The van der Waals surface area contributed by atoms with Crippen molar-refractivity contribution in [1.29, 1.82) is 0 Å². The molecule has 1 nitrogen and oxygen atoms in total. The molecule has 0 bridgehead atoms. The van der Waals surface area contributed by atoms with Gasteiger partial charge in [0.2, 0.25) is 0 Å². The quantitative estimate of drug-likeness (QED) is 0.443. The van der Waals surface area contributed by atoms with Crippen LogP contribution in [0.3, 0.4) is 0 Å². The van der Waals surface area contributed by atoms with E-state index in [1.807, 2.05) is 0 Å². The first-order chi connectivity index (χ1) is 9.23. The van der Waals surface area contributed by atoms with Gasteiger partial charge in [-0.25, -0.2) is 0 Å². The molecule has 1 rings (SSSR count). The molecule has 0 unspecified atom stereocenters. The Morgan fingerprint density at radius 2 is 1.43 bits per heavy atom. The topological polar surface area (TPSA) is 9.23 Å². The molecule has 0 aromatic rings. The second-order valence-corrected chi connectivity index (χ2v) is 23.2. The van der Waals surface area contributed by atoms with Gasteiger partial charge >= 0.3 is 0 Å². The van der Waals surface area contributed by atoms with Crippen LogP contribution in [0, 0.1) is 17.2 Å². The first kappa shape index (κ1) is 26.2. The van der Waals surface area contributed by atoms with Crippen molar-refractivity contribution in [2.24, 2.45) is 0 Å². The van der Waals surface area contributed by atoms with Crippen molar-refractivity contribution < 1.29 is 40.9 Å². The van der Waals surface area contributed by atoms with E-state index < -0.39 is 24.5 Å². The summed E-state index contributed by atoms with van der Waals surface area (Å²) >= 11 is 0. The minimum atomic E-state index is -1.64. The molecule has 0 N–H and O–H groups in total. The van der Waals surface area contributed by atoms with E-state index in [0.717, 1.165) is 12.8 Å². The summed E-state index contributed by atoms with van der Waals surface area (Å²) < 4.78 is 6.65. The Balaban J connectivity index is 0. The van der Waals surface area contributed by atoms with Crippen LogP contribution in [0.15, 0.2) is 5.57 Å². The summed E-state index contributed by atoms with van der Waals surface area (Å²) in [5, 5.41) is 0. The molecule has 1 fully saturated rings. The van der Waals surface area contributed by atoms with Gasteiger partial charge in [0.15, 0.2) is 8.32 Å². The van der Waals surface area contributed by atoms with Crippen LogP contribution >= 0.6 is 0 Å². The fourth-order valence-corrected chi connectivity index (χ4v) is 5.70. The molecule has 1 radical (unpaired) electrons. The van der Waals surface area contributed by atoms with Crippen LogP contribution in [0.1, 0.15) is 19.3 Å². The summed E-state index contributed by atoms with van der Waals surface area (Å²) in [6, 6.07) is 0. The smallest absolute Gasteiger partial charge is 0.186 e. The molecule has 1 aliphatic rings. The van der Waals surface area contributed by atoms with Gasteiger partial charge in [0.25, 0.3) is 0 Å². The van der Waals surface area contributed by atoms with Gasteiger partial charge in [-0.2, -0.15) is 0 Å². The standard InChI is InChI=1S/C17H33OSi3.BrH.Zn/c1-19(2,3)14-13-17(18-21(7,8)9)12-10-11-16(17)15-20(4,5)6;;/h10-12H2,1-9H3;1H;/p-1/t17-;;/m0../s1. The van der Waals surface area contributed by atoms with E-state index >= 15 is 0 Å². The third-order valence-electron chi connectivity index (χ3n) is 3.09. The second kappa shape index (κ2) is 9.10. The van der Waals surface area contributed by atoms with Crippen LogP contribution < -0.4 is 17.0 Å². The molecule has 1 saturated carbocycles. The maximum absolute atomic E-state index is 6.65. The Morgan fingerprint density at radius 3 is 1.83 bits per heavy atom. The minimum Gasteiger partial charge on any atom is -1.00 e. The second-order valence-electron chi connectivity index (χ2n) is 9.25. The van der Waals surface area contributed by atoms with Crippen LogP contribution in [-0.4, -0.2) is 30.1 Å². The third-order valence-corrected chi connectivity index (χ3v) is 5.98. The summed E-state index contributed by atoms with van der Waals surface area (Å²) in [5.41, 5.74) is 8.47. The Labute approximate surface area is 171 Å². The molecule has 0 spiro atoms. The molecule has 23 heavy (non-hydrogen) atoms. The van der Waals surface area contributed by atoms with Crippen LogP contribution in [0.4, 0.5) is 0 Å². The Morgan fingerprint density at radius 1 is 0.913 bits per heavy atom. The van der Waals surface area contributed by atoms with Gasteiger partial charge in [-0.1, -0.05) is 50.9 Å². The average molecular weight is 483 g/mol. The Hall–Kier alpha value is 1.01. The van der Waals surface area contributed by atoms with Crippen molar-refractivity contribution in [2.45, 2.75) is 83.8 Å². The Bertz CT molecular complexity index is 475. The minimum absolute atomic E-state index is 0. The molecule has 1 atom stereocenters. The fourth-order valence-electron chi connectivity index (χ4n) is 2.57. The van der Waals surface area contributed by atoms with Gasteiger partial charge in [-0.3, -0.25) is 0 Å². The molecule has 0 aromatic carbocycles. The predicted octanol–water partition coefficient (Wildman–Crippen LogP) is 2.25.